The molecule has 4 nitrogen and oxygen atoms in total. The van der Waals surface area contributed by atoms with E-state index in [2.05, 4.69) is 5.32 Å². The van der Waals surface area contributed by atoms with Crippen LogP contribution in [0.2, 0.25) is 0 Å². The summed E-state index contributed by atoms with van der Waals surface area (Å²) in [6.45, 7) is 4.37. The van der Waals surface area contributed by atoms with Gasteiger partial charge in [0.2, 0.25) is 0 Å². The minimum Gasteiger partial charge on any atom is -0.383 e. The number of nitrogens with one attached hydrogen (secondary N) is 1. The van der Waals surface area contributed by atoms with Crippen LogP contribution in [0, 0.1) is 0 Å². The zero-order chi connectivity index (χ0) is 11.8. The van der Waals surface area contributed by atoms with E-state index in [1.807, 2.05) is 6.92 Å². The molecule has 0 saturated carbocycles. The second-order valence-corrected chi connectivity index (χ2v) is 5.66. The van der Waals surface area contributed by atoms with Gasteiger partial charge >= 0.3 is 0 Å². The summed E-state index contributed by atoms with van der Waals surface area (Å²) >= 11 is 0. The van der Waals surface area contributed by atoms with Crippen LogP contribution < -0.4 is 5.32 Å². The Labute approximate surface area is 101 Å². The molecule has 0 aromatic carbocycles. The quantitative estimate of drug-likeness (QED) is 0.682. The Morgan fingerprint density at radius 2 is 2.44 bits per heavy atom. The van der Waals surface area contributed by atoms with E-state index >= 15 is 0 Å². The van der Waals surface area contributed by atoms with Crippen LogP contribution in [0.4, 0.5) is 0 Å². The zero-order valence-corrected chi connectivity index (χ0v) is 11.1. The van der Waals surface area contributed by atoms with E-state index in [0.29, 0.717) is 18.1 Å². The summed E-state index contributed by atoms with van der Waals surface area (Å²) < 4.78 is 22.5. The summed E-state index contributed by atoms with van der Waals surface area (Å²) in [6.07, 6.45) is 2.38. The van der Waals surface area contributed by atoms with Gasteiger partial charge in [0, 0.05) is 42.1 Å². The lowest BCUT2D eigenvalue weighted by atomic mass is 10.3. The predicted molar refractivity (Wildman–Crippen MR) is 66.2 cm³/mol. The smallest absolute Gasteiger partial charge is 0.0691 e. The van der Waals surface area contributed by atoms with E-state index in [1.165, 1.54) is 0 Å². The molecule has 3 unspecified atom stereocenters. The van der Waals surface area contributed by atoms with Crippen molar-refractivity contribution in [1.29, 1.82) is 0 Å². The van der Waals surface area contributed by atoms with Gasteiger partial charge in [-0.3, -0.25) is 4.21 Å². The Kier molecular flexibility index (Phi) is 7.20. The van der Waals surface area contributed by atoms with Crippen LogP contribution in [0.5, 0.6) is 0 Å². The third-order valence-electron chi connectivity index (χ3n) is 2.64. The molecule has 0 aromatic rings. The number of ether oxygens (including phenoxy) is 2. The third-order valence-corrected chi connectivity index (χ3v) is 4.16. The van der Waals surface area contributed by atoms with Gasteiger partial charge in [0.05, 0.1) is 12.7 Å². The predicted octanol–water partition coefficient (Wildman–Crippen LogP) is 0.539. The molecule has 1 N–H and O–H groups in total. The molecule has 1 rings (SSSR count). The molecule has 0 spiro atoms. The monoisotopic (exact) mass is 249 g/mol. The van der Waals surface area contributed by atoms with E-state index in [-0.39, 0.29) is 12.1 Å². The molecule has 5 heteroatoms. The number of methoxy groups -OCH3 is 1. The van der Waals surface area contributed by atoms with Crippen molar-refractivity contribution in [2.24, 2.45) is 0 Å². The number of likely N-dealkylation sites (N-methyl/N-ethyl adjacent to an activating group) is 1. The molecule has 3 atom stereocenters. The van der Waals surface area contributed by atoms with Crippen LogP contribution in [-0.4, -0.2) is 54.7 Å². The van der Waals surface area contributed by atoms with E-state index in [1.54, 1.807) is 7.11 Å². The fourth-order valence-electron chi connectivity index (χ4n) is 1.93. The second-order valence-electron chi connectivity index (χ2n) is 4.12. The van der Waals surface area contributed by atoms with Crippen molar-refractivity contribution < 1.29 is 13.7 Å². The summed E-state index contributed by atoms with van der Waals surface area (Å²) in [6, 6.07) is 0.192. The van der Waals surface area contributed by atoms with Gasteiger partial charge in [0.25, 0.3) is 0 Å². The molecule has 1 aliphatic heterocycles. The normalized spacial score (nSPS) is 24.5. The SMILES string of the molecule is CCNC(COC)CS(=O)CC1CCCO1. The van der Waals surface area contributed by atoms with Crippen molar-refractivity contribution >= 4 is 10.8 Å². The highest BCUT2D eigenvalue weighted by molar-refractivity contribution is 7.85. The fourth-order valence-corrected chi connectivity index (χ4v) is 3.41. The Hall–Kier alpha value is 0.0300. The third kappa shape index (κ3) is 5.39. The molecule has 1 fully saturated rings. The van der Waals surface area contributed by atoms with Crippen molar-refractivity contribution in [3.63, 3.8) is 0 Å². The number of rotatable bonds is 8. The van der Waals surface area contributed by atoms with Crippen LogP contribution >= 0.6 is 0 Å². The average Bonchev–Trinajstić information content (AvgIpc) is 2.71. The molecule has 0 aliphatic carbocycles. The van der Waals surface area contributed by atoms with E-state index in [9.17, 15) is 4.21 Å². The van der Waals surface area contributed by atoms with Crippen molar-refractivity contribution in [3.05, 3.63) is 0 Å². The maximum atomic E-state index is 11.9. The van der Waals surface area contributed by atoms with Crippen molar-refractivity contribution in [3.8, 4) is 0 Å². The first-order valence-electron chi connectivity index (χ1n) is 5.95. The van der Waals surface area contributed by atoms with Crippen LogP contribution in [0.25, 0.3) is 0 Å². The average molecular weight is 249 g/mol. The first-order valence-corrected chi connectivity index (χ1v) is 7.44. The highest BCUT2D eigenvalue weighted by Gasteiger charge is 2.20. The van der Waals surface area contributed by atoms with Gasteiger partial charge in [-0.25, -0.2) is 0 Å². The van der Waals surface area contributed by atoms with E-state index in [4.69, 9.17) is 9.47 Å². The lowest BCUT2D eigenvalue weighted by Gasteiger charge is -2.17. The van der Waals surface area contributed by atoms with E-state index in [0.717, 1.165) is 26.0 Å². The minimum absolute atomic E-state index is 0.192. The van der Waals surface area contributed by atoms with Gasteiger partial charge in [-0.1, -0.05) is 6.92 Å². The molecular formula is C11H23NO3S. The van der Waals surface area contributed by atoms with E-state index < -0.39 is 10.8 Å². The van der Waals surface area contributed by atoms with Gasteiger partial charge < -0.3 is 14.8 Å². The molecule has 1 aliphatic rings. The molecule has 0 radical (unpaired) electrons. The lowest BCUT2D eigenvalue weighted by Crippen LogP contribution is -2.39. The van der Waals surface area contributed by atoms with Crippen LogP contribution in [0.15, 0.2) is 0 Å². The lowest BCUT2D eigenvalue weighted by molar-refractivity contribution is 0.128. The Bertz CT molecular complexity index is 201. The largest absolute Gasteiger partial charge is 0.383 e. The maximum absolute atomic E-state index is 11.9. The first kappa shape index (κ1) is 14.1. The topological polar surface area (TPSA) is 47.6 Å². The van der Waals surface area contributed by atoms with Gasteiger partial charge in [0.15, 0.2) is 0 Å². The Morgan fingerprint density at radius 1 is 1.62 bits per heavy atom. The van der Waals surface area contributed by atoms with Crippen molar-refractivity contribution in [2.75, 3.05) is 38.4 Å². The van der Waals surface area contributed by atoms with Crippen LogP contribution in [0.3, 0.4) is 0 Å². The molecule has 96 valence electrons. The number of hydrogen-bond acceptors (Lipinski definition) is 4. The highest BCUT2D eigenvalue weighted by Crippen LogP contribution is 2.13. The molecule has 1 heterocycles. The Morgan fingerprint density at radius 3 is 3.00 bits per heavy atom. The molecule has 0 aromatic heterocycles. The first-order chi connectivity index (χ1) is 7.76. The zero-order valence-electron chi connectivity index (χ0n) is 10.2. The highest BCUT2D eigenvalue weighted by atomic mass is 32.2. The van der Waals surface area contributed by atoms with Crippen LogP contribution in [-0.2, 0) is 20.3 Å². The van der Waals surface area contributed by atoms with Gasteiger partial charge in [0.1, 0.15) is 0 Å². The van der Waals surface area contributed by atoms with Gasteiger partial charge in [-0.2, -0.15) is 0 Å². The van der Waals surface area contributed by atoms with Crippen molar-refractivity contribution in [2.45, 2.75) is 31.9 Å². The van der Waals surface area contributed by atoms with Crippen LogP contribution in [0.1, 0.15) is 19.8 Å². The fraction of sp³-hybridized carbons (Fsp3) is 1.00. The summed E-state index contributed by atoms with van der Waals surface area (Å²) in [5.74, 6) is 1.33. The standard InChI is InChI=1S/C11H23NO3S/c1-3-12-10(7-14-2)8-16(13)9-11-5-4-6-15-11/h10-12H,3-9H2,1-2H3. The number of hydrogen-bond donors (Lipinski definition) is 1. The molecular weight excluding hydrogens is 226 g/mol. The molecule has 16 heavy (non-hydrogen) atoms. The van der Waals surface area contributed by atoms with Crippen molar-refractivity contribution in [1.82, 2.24) is 5.32 Å². The summed E-state index contributed by atoms with van der Waals surface area (Å²) in [5, 5.41) is 3.28. The van der Waals surface area contributed by atoms with Gasteiger partial charge in [-0.05, 0) is 19.4 Å². The minimum atomic E-state index is -0.810. The summed E-state index contributed by atoms with van der Waals surface area (Å²) in [5.41, 5.74) is 0. The summed E-state index contributed by atoms with van der Waals surface area (Å²) in [7, 11) is 0.864. The molecule has 0 amide bonds. The maximum Gasteiger partial charge on any atom is 0.0691 e. The molecule has 0 bridgehead atoms. The Balaban J connectivity index is 2.23. The molecule has 1 saturated heterocycles. The second kappa shape index (κ2) is 8.17. The van der Waals surface area contributed by atoms with Gasteiger partial charge in [-0.15, -0.1) is 0 Å². The summed E-state index contributed by atoms with van der Waals surface area (Å²) in [4.78, 5) is 0.